The number of furan rings is 1. The third-order valence-electron chi connectivity index (χ3n) is 5.38. The molecule has 1 atom stereocenters. The summed E-state index contributed by atoms with van der Waals surface area (Å²) in [4.78, 5) is 11.4. The van der Waals surface area contributed by atoms with E-state index in [1.54, 1.807) is 13.3 Å². The molecule has 1 saturated heterocycles. The molecule has 1 fully saturated rings. The predicted octanol–water partition coefficient (Wildman–Crippen LogP) is 3.23. The van der Waals surface area contributed by atoms with Gasteiger partial charge >= 0.3 is 0 Å². The molecule has 9 heteroatoms. The normalized spacial score (nSPS) is 15.5. The SMILES string of the molecule is CN=C(NCCc1nc(-c2ccco2)n[nH]1)NCC(c1ccccc1)N1CCCC1.I. The second kappa shape index (κ2) is 11.8. The van der Waals surface area contributed by atoms with Gasteiger partial charge in [-0.25, -0.2) is 4.98 Å². The second-order valence-corrected chi connectivity index (χ2v) is 7.38. The number of nitrogens with one attached hydrogen (secondary N) is 3. The quantitative estimate of drug-likeness (QED) is 0.233. The van der Waals surface area contributed by atoms with Gasteiger partial charge in [-0.2, -0.15) is 5.10 Å². The van der Waals surface area contributed by atoms with E-state index in [4.69, 9.17) is 4.42 Å². The first-order chi connectivity index (χ1) is 14.8. The number of likely N-dealkylation sites (tertiary alicyclic amines) is 1. The van der Waals surface area contributed by atoms with Crippen molar-refractivity contribution in [1.29, 1.82) is 0 Å². The van der Waals surface area contributed by atoms with Crippen LogP contribution in [0.3, 0.4) is 0 Å². The molecule has 1 aliphatic heterocycles. The minimum absolute atomic E-state index is 0. The summed E-state index contributed by atoms with van der Waals surface area (Å²) in [7, 11) is 1.80. The largest absolute Gasteiger partial charge is 0.461 e. The minimum Gasteiger partial charge on any atom is -0.461 e. The zero-order chi connectivity index (χ0) is 20.6. The highest BCUT2D eigenvalue weighted by atomic mass is 127. The molecular formula is C22H30IN7O. The first kappa shape index (κ1) is 23.3. The number of aliphatic imine (C=N–C) groups is 1. The number of H-pyrrole nitrogens is 1. The molecule has 2 aromatic heterocycles. The maximum Gasteiger partial charge on any atom is 0.216 e. The van der Waals surface area contributed by atoms with Crippen LogP contribution < -0.4 is 10.6 Å². The molecule has 0 bridgehead atoms. The molecule has 0 spiro atoms. The van der Waals surface area contributed by atoms with Gasteiger partial charge in [-0.1, -0.05) is 30.3 Å². The number of rotatable bonds is 8. The third kappa shape index (κ3) is 6.30. The first-order valence-corrected chi connectivity index (χ1v) is 10.5. The van der Waals surface area contributed by atoms with Crippen molar-refractivity contribution >= 4 is 29.9 Å². The number of hydrogen-bond donors (Lipinski definition) is 3. The summed E-state index contributed by atoms with van der Waals surface area (Å²) in [5.74, 6) is 2.84. The van der Waals surface area contributed by atoms with Crippen molar-refractivity contribution in [3.8, 4) is 11.6 Å². The van der Waals surface area contributed by atoms with Crippen molar-refractivity contribution in [3.05, 3.63) is 60.1 Å². The Bertz CT molecular complexity index is 921. The third-order valence-corrected chi connectivity index (χ3v) is 5.38. The highest BCUT2D eigenvalue weighted by Crippen LogP contribution is 2.24. The van der Waals surface area contributed by atoms with E-state index in [-0.39, 0.29) is 24.0 Å². The van der Waals surface area contributed by atoms with E-state index in [1.165, 1.54) is 18.4 Å². The van der Waals surface area contributed by atoms with Crippen LogP contribution in [0.2, 0.25) is 0 Å². The van der Waals surface area contributed by atoms with Gasteiger partial charge in [0, 0.05) is 26.6 Å². The lowest BCUT2D eigenvalue weighted by Crippen LogP contribution is -2.43. The van der Waals surface area contributed by atoms with E-state index in [0.717, 1.165) is 31.4 Å². The Labute approximate surface area is 199 Å². The van der Waals surface area contributed by atoms with Crippen LogP contribution in [0.15, 0.2) is 58.1 Å². The molecule has 0 saturated carbocycles. The molecule has 0 amide bonds. The van der Waals surface area contributed by atoms with Gasteiger partial charge in [-0.15, -0.1) is 24.0 Å². The van der Waals surface area contributed by atoms with Crippen molar-refractivity contribution in [2.45, 2.75) is 25.3 Å². The fourth-order valence-corrected chi connectivity index (χ4v) is 3.82. The van der Waals surface area contributed by atoms with E-state index in [9.17, 15) is 0 Å². The Hall–Kier alpha value is -2.40. The van der Waals surface area contributed by atoms with Gasteiger partial charge in [0.15, 0.2) is 11.7 Å². The minimum atomic E-state index is 0. The summed E-state index contributed by atoms with van der Waals surface area (Å²) in [6.45, 7) is 3.81. The van der Waals surface area contributed by atoms with Crippen LogP contribution in [0.4, 0.5) is 0 Å². The van der Waals surface area contributed by atoms with E-state index in [2.05, 4.69) is 66.0 Å². The lowest BCUT2D eigenvalue weighted by atomic mass is 10.1. The zero-order valence-corrected chi connectivity index (χ0v) is 20.1. The van der Waals surface area contributed by atoms with Gasteiger partial charge in [0.25, 0.3) is 0 Å². The number of hydrogen-bond acceptors (Lipinski definition) is 5. The van der Waals surface area contributed by atoms with E-state index in [0.29, 0.717) is 30.6 Å². The van der Waals surface area contributed by atoms with Gasteiger partial charge in [0.05, 0.1) is 12.3 Å². The van der Waals surface area contributed by atoms with Gasteiger partial charge in [0.1, 0.15) is 5.82 Å². The number of guanidine groups is 1. The maximum absolute atomic E-state index is 5.33. The molecule has 0 radical (unpaired) electrons. The lowest BCUT2D eigenvalue weighted by molar-refractivity contribution is 0.245. The standard InChI is InChI=1S/C22H29N7O.HI/c1-23-22(24-12-11-20-26-21(28-27-20)19-10-7-15-30-19)25-16-18(29-13-5-6-14-29)17-8-3-2-4-9-17;/h2-4,7-10,15,18H,5-6,11-14,16H2,1H3,(H2,23,24,25)(H,26,27,28);1H. The average Bonchev–Trinajstić information content (AvgIpc) is 3.56. The molecule has 31 heavy (non-hydrogen) atoms. The second-order valence-electron chi connectivity index (χ2n) is 7.38. The summed E-state index contributed by atoms with van der Waals surface area (Å²) in [6.07, 6.45) is 4.87. The van der Waals surface area contributed by atoms with Crippen LogP contribution in [0.5, 0.6) is 0 Å². The van der Waals surface area contributed by atoms with Crippen LogP contribution >= 0.6 is 24.0 Å². The molecule has 1 unspecified atom stereocenters. The summed E-state index contributed by atoms with van der Waals surface area (Å²) in [5, 5.41) is 14.0. The van der Waals surface area contributed by atoms with Gasteiger partial charge < -0.3 is 15.1 Å². The molecule has 3 N–H and O–H groups in total. The first-order valence-electron chi connectivity index (χ1n) is 10.5. The Morgan fingerprint density at radius 1 is 1.16 bits per heavy atom. The van der Waals surface area contributed by atoms with Crippen molar-refractivity contribution in [3.63, 3.8) is 0 Å². The molecular weight excluding hydrogens is 505 g/mol. The van der Waals surface area contributed by atoms with Gasteiger partial charge in [-0.3, -0.25) is 15.0 Å². The monoisotopic (exact) mass is 535 g/mol. The fraction of sp³-hybridized carbons (Fsp3) is 0.409. The van der Waals surface area contributed by atoms with Crippen molar-refractivity contribution in [2.75, 3.05) is 33.2 Å². The fourth-order valence-electron chi connectivity index (χ4n) is 3.82. The summed E-state index contributed by atoms with van der Waals surface area (Å²) >= 11 is 0. The molecule has 1 aliphatic rings. The molecule has 8 nitrogen and oxygen atoms in total. The Morgan fingerprint density at radius 3 is 2.68 bits per heavy atom. The molecule has 4 rings (SSSR count). The lowest BCUT2D eigenvalue weighted by Gasteiger charge is -2.29. The smallest absolute Gasteiger partial charge is 0.216 e. The number of benzene rings is 1. The number of nitrogens with zero attached hydrogens (tertiary/aromatic N) is 4. The Balaban J connectivity index is 0.00000272. The highest BCUT2D eigenvalue weighted by molar-refractivity contribution is 14.0. The number of aromatic amines is 1. The van der Waals surface area contributed by atoms with Crippen molar-refractivity contribution < 1.29 is 4.42 Å². The highest BCUT2D eigenvalue weighted by Gasteiger charge is 2.23. The topological polar surface area (TPSA) is 94.4 Å². The van der Waals surface area contributed by atoms with Gasteiger partial charge in [-0.05, 0) is 43.6 Å². The van der Waals surface area contributed by atoms with Gasteiger partial charge in [0.2, 0.25) is 5.82 Å². The molecule has 3 aromatic rings. The van der Waals surface area contributed by atoms with E-state index in [1.807, 2.05) is 12.1 Å². The number of halogens is 1. The van der Waals surface area contributed by atoms with E-state index >= 15 is 0 Å². The summed E-state index contributed by atoms with van der Waals surface area (Å²) < 4.78 is 5.33. The Morgan fingerprint density at radius 2 is 1.97 bits per heavy atom. The molecule has 0 aliphatic carbocycles. The molecule has 3 heterocycles. The van der Waals surface area contributed by atoms with Crippen LogP contribution in [-0.4, -0.2) is 59.3 Å². The molecule has 166 valence electrons. The average molecular weight is 535 g/mol. The van der Waals surface area contributed by atoms with Crippen LogP contribution in [0, 0.1) is 0 Å². The maximum atomic E-state index is 5.33. The van der Waals surface area contributed by atoms with Crippen molar-refractivity contribution in [2.24, 2.45) is 4.99 Å². The van der Waals surface area contributed by atoms with Crippen LogP contribution in [0.1, 0.15) is 30.3 Å². The van der Waals surface area contributed by atoms with Crippen LogP contribution in [-0.2, 0) is 6.42 Å². The predicted molar refractivity (Wildman–Crippen MR) is 133 cm³/mol. The van der Waals surface area contributed by atoms with Crippen LogP contribution in [0.25, 0.3) is 11.6 Å². The zero-order valence-electron chi connectivity index (χ0n) is 17.8. The molecule has 1 aromatic carbocycles. The van der Waals surface area contributed by atoms with E-state index < -0.39 is 0 Å². The van der Waals surface area contributed by atoms with Crippen molar-refractivity contribution in [1.82, 2.24) is 30.7 Å². The summed E-state index contributed by atoms with van der Waals surface area (Å²) in [6, 6.07) is 14.7. The Kier molecular flexibility index (Phi) is 8.89. The number of aromatic nitrogens is 3. The summed E-state index contributed by atoms with van der Waals surface area (Å²) in [5.41, 5.74) is 1.34.